The SMILES string of the molecule is Cc1ccccc1CNC(CCC(=O)O)C(=O)O. The zero-order valence-corrected chi connectivity index (χ0v) is 10.2. The fourth-order valence-corrected chi connectivity index (χ4v) is 1.62. The number of carboxylic acid groups (broad SMARTS) is 2. The van der Waals surface area contributed by atoms with Crippen LogP contribution in [0.5, 0.6) is 0 Å². The molecule has 98 valence electrons. The fourth-order valence-electron chi connectivity index (χ4n) is 1.62. The molecule has 0 saturated carbocycles. The van der Waals surface area contributed by atoms with Crippen molar-refractivity contribution in [2.75, 3.05) is 0 Å². The van der Waals surface area contributed by atoms with Crippen molar-refractivity contribution in [3.05, 3.63) is 35.4 Å². The van der Waals surface area contributed by atoms with Gasteiger partial charge < -0.3 is 15.5 Å². The Hall–Kier alpha value is -1.88. The van der Waals surface area contributed by atoms with Crippen molar-refractivity contribution in [3.63, 3.8) is 0 Å². The van der Waals surface area contributed by atoms with Crippen LogP contribution in [0.4, 0.5) is 0 Å². The summed E-state index contributed by atoms with van der Waals surface area (Å²) >= 11 is 0. The highest BCUT2D eigenvalue weighted by Gasteiger charge is 2.17. The van der Waals surface area contributed by atoms with Gasteiger partial charge in [0.1, 0.15) is 6.04 Å². The lowest BCUT2D eigenvalue weighted by Gasteiger charge is -2.14. The molecule has 0 heterocycles. The van der Waals surface area contributed by atoms with Gasteiger partial charge in [0.25, 0.3) is 0 Å². The van der Waals surface area contributed by atoms with Gasteiger partial charge in [-0.3, -0.25) is 9.59 Å². The lowest BCUT2D eigenvalue weighted by Crippen LogP contribution is -2.36. The van der Waals surface area contributed by atoms with Crippen molar-refractivity contribution in [1.29, 1.82) is 0 Å². The predicted octanol–water partition coefficient (Wildman–Crippen LogP) is 1.40. The highest BCUT2D eigenvalue weighted by Crippen LogP contribution is 2.07. The molecule has 0 aliphatic carbocycles. The second-order valence-corrected chi connectivity index (χ2v) is 4.13. The minimum absolute atomic E-state index is 0.0799. The predicted molar refractivity (Wildman–Crippen MR) is 66.3 cm³/mol. The standard InChI is InChI=1S/C13H17NO4/c1-9-4-2-3-5-10(9)8-14-11(13(17)18)6-7-12(15)16/h2-5,11,14H,6-8H2,1H3,(H,15,16)(H,17,18). The third-order valence-electron chi connectivity index (χ3n) is 2.75. The second kappa shape index (κ2) is 6.76. The summed E-state index contributed by atoms with van der Waals surface area (Å²) in [6, 6.07) is 6.83. The highest BCUT2D eigenvalue weighted by atomic mass is 16.4. The van der Waals surface area contributed by atoms with Crippen LogP contribution in [0.3, 0.4) is 0 Å². The van der Waals surface area contributed by atoms with Crippen LogP contribution in [0.2, 0.25) is 0 Å². The van der Waals surface area contributed by atoms with E-state index >= 15 is 0 Å². The topological polar surface area (TPSA) is 86.6 Å². The van der Waals surface area contributed by atoms with Crippen LogP contribution in [0.25, 0.3) is 0 Å². The first-order valence-corrected chi connectivity index (χ1v) is 5.73. The number of aliphatic carboxylic acids is 2. The van der Waals surface area contributed by atoms with Crippen LogP contribution >= 0.6 is 0 Å². The molecule has 0 aromatic heterocycles. The summed E-state index contributed by atoms with van der Waals surface area (Å²) in [4.78, 5) is 21.4. The Labute approximate surface area is 105 Å². The van der Waals surface area contributed by atoms with Gasteiger partial charge in [0.2, 0.25) is 0 Å². The fraction of sp³-hybridized carbons (Fsp3) is 0.385. The molecule has 1 rings (SSSR count). The van der Waals surface area contributed by atoms with Gasteiger partial charge in [-0.15, -0.1) is 0 Å². The molecule has 0 radical (unpaired) electrons. The molecule has 3 N–H and O–H groups in total. The van der Waals surface area contributed by atoms with Gasteiger partial charge in [0.15, 0.2) is 0 Å². The summed E-state index contributed by atoms with van der Waals surface area (Å²) in [5, 5.41) is 20.4. The molecule has 1 aromatic carbocycles. The molecule has 0 aliphatic heterocycles. The molecule has 0 amide bonds. The molecular weight excluding hydrogens is 234 g/mol. The molecular formula is C13H17NO4. The van der Waals surface area contributed by atoms with E-state index in [9.17, 15) is 9.59 Å². The first kappa shape index (κ1) is 14.2. The molecule has 0 bridgehead atoms. The van der Waals surface area contributed by atoms with Crippen LogP contribution in [-0.2, 0) is 16.1 Å². The van der Waals surface area contributed by atoms with E-state index in [2.05, 4.69) is 5.32 Å². The van der Waals surface area contributed by atoms with E-state index in [1.165, 1.54) is 0 Å². The third-order valence-corrected chi connectivity index (χ3v) is 2.75. The Morgan fingerprint density at radius 3 is 2.50 bits per heavy atom. The molecule has 5 heteroatoms. The number of carbonyl (C=O) groups is 2. The first-order chi connectivity index (χ1) is 8.50. The third kappa shape index (κ3) is 4.55. The van der Waals surface area contributed by atoms with Gasteiger partial charge >= 0.3 is 11.9 Å². The average molecular weight is 251 g/mol. The Kier molecular flexibility index (Phi) is 5.32. The van der Waals surface area contributed by atoms with Crippen molar-refractivity contribution in [2.45, 2.75) is 32.4 Å². The number of hydrogen-bond donors (Lipinski definition) is 3. The Morgan fingerprint density at radius 2 is 1.94 bits per heavy atom. The maximum Gasteiger partial charge on any atom is 0.320 e. The molecule has 1 aromatic rings. The second-order valence-electron chi connectivity index (χ2n) is 4.13. The van der Waals surface area contributed by atoms with E-state index in [0.29, 0.717) is 6.54 Å². The normalized spacial score (nSPS) is 12.1. The molecule has 1 unspecified atom stereocenters. The van der Waals surface area contributed by atoms with Crippen molar-refractivity contribution in [3.8, 4) is 0 Å². The zero-order chi connectivity index (χ0) is 13.5. The number of aryl methyl sites for hydroxylation is 1. The Balaban J connectivity index is 2.55. The monoisotopic (exact) mass is 251 g/mol. The number of nitrogens with one attached hydrogen (secondary N) is 1. The van der Waals surface area contributed by atoms with Crippen LogP contribution in [-0.4, -0.2) is 28.2 Å². The summed E-state index contributed by atoms with van der Waals surface area (Å²) in [6.45, 7) is 2.37. The molecule has 0 spiro atoms. The lowest BCUT2D eigenvalue weighted by molar-refractivity contribution is -0.140. The summed E-state index contributed by atoms with van der Waals surface area (Å²) in [5.41, 5.74) is 2.09. The van der Waals surface area contributed by atoms with Crippen LogP contribution < -0.4 is 5.32 Å². The van der Waals surface area contributed by atoms with Gasteiger partial charge in [-0.1, -0.05) is 24.3 Å². The smallest absolute Gasteiger partial charge is 0.320 e. The minimum atomic E-state index is -1.02. The van der Waals surface area contributed by atoms with Crippen molar-refractivity contribution in [2.24, 2.45) is 0 Å². The first-order valence-electron chi connectivity index (χ1n) is 5.73. The van der Waals surface area contributed by atoms with E-state index < -0.39 is 18.0 Å². The maximum absolute atomic E-state index is 11.0. The minimum Gasteiger partial charge on any atom is -0.481 e. The van der Waals surface area contributed by atoms with E-state index in [1.54, 1.807) is 0 Å². The van der Waals surface area contributed by atoms with E-state index in [1.807, 2.05) is 31.2 Å². The zero-order valence-electron chi connectivity index (χ0n) is 10.2. The average Bonchev–Trinajstić information content (AvgIpc) is 2.30. The van der Waals surface area contributed by atoms with Gasteiger partial charge in [-0.2, -0.15) is 0 Å². The number of rotatable bonds is 7. The summed E-state index contributed by atoms with van der Waals surface area (Å²) in [7, 11) is 0. The van der Waals surface area contributed by atoms with Gasteiger partial charge in [-0.25, -0.2) is 0 Å². The molecule has 0 aliphatic rings. The van der Waals surface area contributed by atoms with E-state index in [-0.39, 0.29) is 12.8 Å². The van der Waals surface area contributed by atoms with Crippen LogP contribution in [0, 0.1) is 6.92 Å². The summed E-state index contributed by atoms with van der Waals surface area (Å²) < 4.78 is 0. The molecule has 1 atom stereocenters. The number of benzene rings is 1. The molecule has 5 nitrogen and oxygen atoms in total. The van der Waals surface area contributed by atoms with Gasteiger partial charge in [-0.05, 0) is 24.5 Å². The van der Waals surface area contributed by atoms with Crippen molar-refractivity contribution >= 4 is 11.9 Å². The Bertz CT molecular complexity index is 431. The van der Waals surface area contributed by atoms with Gasteiger partial charge in [0, 0.05) is 13.0 Å². The summed E-state index contributed by atoms with van der Waals surface area (Å²) in [5.74, 6) is -2.01. The molecule has 18 heavy (non-hydrogen) atoms. The Morgan fingerprint density at radius 1 is 1.28 bits per heavy atom. The van der Waals surface area contributed by atoms with Crippen LogP contribution in [0.15, 0.2) is 24.3 Å². The van der Waals surface area contributed by atoms with Gasteiger partial charge in [0.05, 0.1) is 0 Å². The maximum atomic E-state index is 11.0. The highest BCUT2D eigenvalue weighted by molar-refractivity contribution is 5.75. The number of hydrogen-bond acceptors (Lipinski definition) is 3. The molecule has 0 saturated heterocycles. The van der Waals surface area contributed by atoms with Crippen molar-refractivity contribution in [1.82, 2.24) is 5.32 Å². The quantitative estimate of drug-likeness (QED) is 0.682. The van der Waals surface area contributed by atoms with E-state index in [4.69, 9.17) is 10.2 Å². The largest absolute Gasteiger partial charge is 0.481 e. The van der Waals surface area contributed by atoms with Crippen molar-refractivity contribution < 1.29 is 19.8 Å². The number of carboxylic acids is 2. The summed E-state index contributed by atoms with van der Waals surface area (Å²) in [6.07, 6.45) is -0.0751. The lowest BCUT2D eigenvalue weighted by atomic mass is 10.1. The molecule has 0 fully saturated rings. The van der Waals surface area contributed by atoms with E-state index in [0.717, 1.165) is 11.1 Å². The van der Waals surface area contributed by atoms with Crippen LogP contribution in [0.1, 0.15) is 24.0 Å².